The molecule has 1 aromatic heterocycles. The Morgan fingerprint density at radius 1 is 1.17 bits per heavy atom. The zero-order chi connectivity index (χ0) is 16.8. The first-order valence-electron chi connectivity index (χ1n) is 6.85. The van der Waals surface area contributed by atoms with Gasteiger partial charge in [-0.2, -0.15) is 0 Å². The van der Waals surface area contributed by atoms with E-state index in [9.17, 15) is 23.0 Å². The molecule has 0 spiro atoms. The summed E-state index contributed by atoms with van der Waals surface area (Å²) >= 11 is 0. The molecule has 0 bridgehead atoms. The number of halogens is 1. The van der Waals surface area contributed by atoms with Crippen molar-refractivity contribution >= 4 is 20.9 Å². The second-order valence-corrected chi connectivity index (χ2v) is 6.97. The smallest absolute Gasteiger partial charge is 0.268 e. The van der Waals surface area contributed by atoms with Crippen LogP contribution in [-0.2, 0) is 10.0 Å². The lowest BCUT2D eigenvalue weighted by molar-refractivity contribution is 0.195. The third-order valence-corrected chi connectivity index (χ3v) is 5.35. The van der Waals surface area contributed by atoms with Gasteiger partial charge in [-0.1, -0.05) is 18.2 Å². The van der Waals surface area contributed by atoms with Gasteiger partial charge in [0.15, 0.2) is 11.6 Å². The Bertz CT molecular complexity index is 978. The molecule has 0 fully saturated rings. The second kappa shape index (κ2) is 5.36. The molecule has 0 radical (unpaired) electrons. The van der Waals surface area contributed by atoms with Gasteiger partial charge in [-0.05, 0) is 25.1 Å². The van der Waals surface area contributed by atoms with Gasteiger partial charge in [-0.15, -0.1) is 0 Å². The number of aliphatic hydroxyl groups is 1. The number of hydrogen-bond acceptors (Lipinski definition) is 4. The van der Waals surface area contributed by atoms with Crippen LogP contribution in [0, 0.1) is 5.82 Å². The van der Waals surface area contributed by atoms with Gasteiger partial charge >= 0.3 is 0 Å². The third-order valence-electron chi connectivity index (χ3n) is 3.64. The van der Waals surface area contributed by atoms with Gasteiger partial charge < -0.3 is 10.2 Å². The van der Waals surface area contributed by atoms with E-state index in [1.54, 1.807) is 18.2 Å². The molecule has 1 atom stereocenters. The van der Waals surface area contributed by atoms with Crippen molar-refractivity contribution in [2.24, 2.45) is 0 Å². The van der Waals surface area contributed by atoms with E-state index in [0.29, 0.717) is 0 Å². The summed E-state index contributed by atoms with van der Waals surface area (Å²) in [6.07, 6.45) is 0.126. The fourth-order valence-corrected chi connectivity index (χ4v) is 3.94. The monoisotopic (exact) mass is 335 g/mol. The van der Waals surface area contributed by atoms with E-state index in [1.807, 2.05) is 0 Å². The molecule has 0 saturated heterocycles. The zero-order valence-corrected chi connectivity index (χ0v) is 13.0. The van der Waals surface area contributed by atoms with Crippen molar-refractivity contribution in [3.05, 3.63) is 60.0 Å². The number of fused-ring (bicyclic) bond motifs is 1. The van der Waals surface area contributed by atoms with Crippen molar-refractivity contribution in [1.29, 1.82) is 0 Å². The van der Waals surface area contributed by atoms with Crippen molar-refractivity contribution in [3.8, 4) is 5.75 Å². The molecule has 0 aliphatic rings. The summed E-state index contributed by atoms with van der Waals surface area (Å²) < 4.78 is 40.3. The van der Waals surface area contributed by atoms with E-state index in [2.05, 4.69) is 0 Å². The molecule has 1 heterocycles. The van der Waals surface area contributed by atoms with Crippen LogP contribution >= 0.6 is 0 Å². The number of aromatic hydroxyl groups is 1. The highest BCUT2D eigenvalue weighted by Gasteiger charge is 2.24. The minimum Gasteiger partial charge on any atom is -0.505 e. The Hall–Kier alpha value is -2.38. The van der Waals surface area contributed by atoms with E-state index in [0.717, 1.165) is 10.0 Å². The normalized spacial score (nSPS) is 13.3. The maximum atomic E-state index is 13.9. The average molecular weight is 335 g/mol. The summed E-state index contributed by atoms with van der Waals surface area (Å²) in [5.74, 6) is -1.67. The number of phenols is 1. The van der Waals surface area contributed by atoms with E-state index in [4.69, 9.17) is 0 Å². The van der Waals surface area contributed by atoms with Crippen LogP contribution in [0.2, 0.25) is 0 Å². The lowest BCUT2D eigenvalue weighted by Gasteiger charge is -2.12. The Morgan fingerprint density at radius 2 is 1.83 bits per heavy atom. The molecule has 3 aromatic rings. The van der Waals surface area contributed by atoms with Gasteiger partial charge in [0.05, 0.1) is 16.5 Å². The molecule has 2 N–H and O–H groups in total. The first-order chi connectivity index (χ1) is 10.8. The molecule has 23 heavy (non-hydrogen) atoms. The highest BCUT2D eigenvalue weighted by molar-refractivity contribution is 7.90. The predicted octanol–water partition coefficient (Wildman–Crippen LogP) is 2.78. The van der Waals surface area contributed by atoms with Gasteiger partial charge in [0.2, 0.25) is 0 Å². The Labute approximate surface area is 132 Å². The quantitative estimate of drug-likeness (QED) is 0.771. The second-order valence-electron chi connectivity index (χ2n) is 5.16. The Morgan fingerprint density at radius 3 is 2.43 bits per heavy atom. The summed E-state index contributed by atoms with van der Waals surface area (Å²) in [4.78, 5) is 0.0598. The predicted molar refractivity (Wildman–Crippen MR) is 83.2 cm³/mol. The number of nitrogens with zero attached hydrogens (tertiary/aromatic N) is 1. The molecule has 7 heteroatoms. The van der Waals surface area contributed by atoms with Crippen LogP contribution in [0.25, 0.3) is 10.9 Å². The summed E-state index contributed by atoms with van der Waals surface area (Å²) in [5.41, 5.74) is 0.0158. The molecule has 0 aliphatic heterocycles. The van der Waals surface area contributed by atoms with E-state index >= 15 is 0 Å². The number of benzene rings is 2. The fourth-order valence-electron chi connectivity index (χ4n) is 2.58. The minimum atomic E-state index is -3.91. The maximum absolute atomic E-state index is 13.9. The van der Waals surface area contributed by atoms with E-state index in [-0.39, 0.29) is 21.4 Å². The number of aromatic nitrogens is 1. The lowest BCUT2D eigenvalue weighted by Crippen LogP contribution is -2.12. The van der Waals surface area contributed by atoms with Crippen LogP contribution in [0.4, 0.5) is 4.39 Å². The van der Waals surface area contributed by atoms with E-state index < -0.39 is 27.7 Å². The van der Waals surface area contributed by atoms with Gasteiger partial charge in [-0.3, -0.25) is 0 Å². The van der Waals surface area contributed by atoms with Gasteiger partial charge in [0, 0.05) is 23.2 Å². The van der Waals surface area contributed by atoms with Crippen molar-refractivity contribution in [2.45, 2.75) is 17.9 Å². The first kappa shape index (κ1) is 15.5. The summed E-state index contributed by atoms with van der Waals surface area (Å²) in [7, 11) is -3.91. The number of hydrogen-bond donors (Lipinski definition) is 2. The van der Waals surface area contributed by atoms with Crippen molar-refractivity contribution in [2.75, 3.05) is 0 Å². The number of aliphatic hydroxyl groups excluding tert-OH is 1. The standard InChI is InChI=1S/C16H14FNO4S/c1-10(19)15-12-7-8-18(14(12)9-13(17)16(15)20)23(21,22)11-5-3-2-4-6-11/h2-10,19-20H,1H3. The van der Waals surface area contributed by atoms with Gasteiger partial charge in [0.1, 0.15) is 0 Å². The summed E-state index contributed by atoms with van der Waals surface area (Å²) in [6.45, 7) is 1.37. The van der Waals surface area contributed by atoms with Crippen LogP contribution in [0.3, 0.4) is 0 Å². The zero-order valence-electron chi connectivity index (χ0n) is 12.1. The molecule has 120 valence electrons. The molecular weight excluding hydrogens is 321 g/mol. The highest BCUT2D eigenvalue weighted by atomic mass is 32.2. The van der Waals surface area contributed by atoms with E-state index in [1.165, 1.54) is 31.3 Å². The minimum absolute atomic E-state index is 0.0398. The summed E-state index contributed by atoms with van der Waals surface area (Å²) in [6, 6.07) is 10.1. The SMILES string of the molecule is CC(O)c1c(O)c(F)cc2c1ccn2S(=O)(=O)c1ccccc1. The van der Waals surface area contributed by atoms with Crippen molar-refractivity contribution in [3.63, 3.8) is 0 Å². The molecule has 0 amide bonds. The first-order valence-corrected chi connectivity index (χ1v) is 8.29. The number of phenolic OH excluding ortho intramolecular Hbond substituents is 1. The van der Waals surface area contributed by atoms with Crippen LogP contribution in [0.5, 0.6) is 5.75 Å². The van der Waals surface area contributed by atoms with Gasteiger partial charge in [0.25, 0.3) is 10.0 Å². The average Bonchev–Trinajstić information content (AvgIpc) is 2.92. The molecular formula is C16H14FNO4S. The molecule has 2 aromatic carbocycles. The molecule has 1 unspecified atom stereocenters. The van der Waals surface area contributed by atoms with Gasteiger partial charge in [-0.25, -0.2) is 16.8 Å². The molecule has 0 aliphatic carbocycles. The fraction of sp³-hybridized carbons (Fsp3) is 0.125. The maximum Gasteiger partial charge on any atom is 0.268 e. The van der Waals surface area contributed by atoms with Crippen LogP contribution < -0.4 is 0 Å². The Balaban J connectivity index is 2.34. The molecule has 3 rings (SSSR count). The molecule has 0 saturated carbocycles. The highest BCUT2D eigenvalue weighted by Crippen LogP contribution is 2.36. The largest absolute Gasteiger partial charge is 0.505 e. The third kappa shape index (κ3) is 2.38. The van der Waals surface area contributed by atoms with Crippen LogP contribution in [-0.4, -0.2) is 22.6 Å². The topological polar surface area (TPSA) is 79.5 Å². The van der Waals surface area contributed by atoms with Crippen LogP contribution in [0.15, 0.2) is 53.6 Å². The van der Waals surface area contributed by atoms with Crippen molar-refractivity contribution < 1.29 is 23.0 Å². The van der Waals surface area contributed by atoms with Crippen molar-refractivity contribution in [1.82, 2.24) is 3.97 Å². The molecule has 5 nitrogen and oxygen atoms in total. The summed E-state index contributed by atoms with van der Waals surface area (Å²) in [5, 5.41) is 19.8. The Kier molecular flexibility index (Phi) is 3.62. The van der Waals surface area contributed by atoms with Crippen LogP contribution in [0.1, 0.15) is 18.6 Å². The number of rotatable bonds is 3. The lowest BCUT2D eigenvalue weighted by atomic mass is 10.0.